The number of benzene rings is 4. The maximum atomic E-state index is 14.6. The number of aliphatic hydroxyl groups excluding tert-OH is 1. The Labute approximate surface area is 279 Å². The summed E-state index contributed by atoms with van der Waals surface area (Å²) < 4.78 is 23.5. The van der Waals surface area contributed by atoms with Gasteiger partial charge in [0, 0.05) is 36.7 Å². The number of carbonyl (C=O) groups is 2. The summed E-state index contributed by atoms with van der Waals surface area (Å²) in [5.41, 5.74) is -1.78. The Morgan fingerprint density at radius 2 is 1.42 bits per heavy atom. The van der Waals surface area contributed by atoms with Crippen LogP contribution in [-0.2, 0) is 16.0 Å². The molecule has 2 bridgehead atoms. The summed E-state index contributed by atoms with van der Waals surface area (Å²) in [7, 11) is 4.53. The first-order chi connectivity index (χ1) is 23.3. The number of amides is 2. The molecular weight excluding hydrogens is 612 g/mol. The highest BCUT2D eigenvalue weighted by molar-refractivity contribution is 5.94. The lowest BCUT2D eigenvalue weighted by Gasteiger charge is -2.45. The Morgan fingerprint density at radius 3 is 2.04 bits per heavy atom. The first-order valence-corrected chi connectivity index (χ1v) is 16.0. The minimum atomic E-state index is -2.02. The van der Waals surface area contributed by atoms with Gasteiger partial charge in [0.15, 0.2) is 5.60 Å². The lowest BCUT2D eigenvalue weighted by molar-refractivity contribution is -0.159. The second-order valence-electron chi connectivity index (χ2n) is 12.0. The molecule has 6 rings (SSSR count). The smallest absolute Gasteiger partial charge is 0.251 e. The molecule has 10 heteroatoms. The van der Waals surface area contributed by atoms with Crippen molar-refractivity contribution in [2.24, 2.45) is 5.92 Å². The number of hydrogen-bond donors (Lipinski definition) is 4. The molecule has 2 aliphatic rings. The highest BCUT2D eigenvalue weighted by atomic mass is 16.5. The van der Waals surface area contributed by atoms with E-state index in [9.17, 15) is 19.8 Å². The Kier molecular flexibility index (Phi) is 9.30. The van der Waals surface area contributed by atoms with Crippen molar-refractivity contribution in [3.63, 3.8) is 0 Å². The number of rotatable bonds is 12. The van der Waals surface area contributed by atoms with Crippen molar-refractivity contribution >= 4 is 11.8 Å². The number of aliphatic hydroxyl groups is 2. The molecule has 4 aromatic carbocycles. The van der Waals surface area contributed by atoms with Crippen LogP contribution < -0.4 is 29.6 Å². The maximum absolute atomic E-state index is 14.6. The predicted octanol–water partition coefficient (Wildman–Crippen LogP) is 4.29. The third kappa shape index (κ3) is 5.50. The highest BCUT2D eigenvalue weighted by Crippen LogP contribution is 2.68. The summed E-state index contributed by atoms with van der Waals surface area (Å²) in [4.78, 5) is 27.0. The molecule has 1 fully saturated rings. The summed E-state index contributed by atoms with van der Waals surface area (Å²) in [5.74, 6) is -1.12. The molecule has 4 aromatic rings. The summed E-state index contributed by atoms with van der Waals surface area (Å²) in [6.45, 7) is 0.739. The minimum Gasteiger partial charge on any atom is -0.497 e. The van der Waals surface area contributed by atoms with Crippen molar-refractivity contribution in [1.82, 2.24) is 10.6 Å². The Morgan fingerprint density at radius 1 is 0.792 bits per heavy atom. The van der Waals surface area contributed by atoms with Crippen LogP contribution >= 0.6 is 0 Å². The van der Waals surface area contributed by atoms with E-state index in [0.29, 0.717) is 54.1 Å². The van der Waals surface area contributed by atoms with Crippen molar-refractivity contribution in [3.8, 4) is 23.0 Å². The molecule has 5 unspecified atom stereocenters. The van der Waals surface area contributed by atoms with E-state index in [1.165, 1.54) is 14.2 Å². The Bertz CT molecular complexity index is 1750. The fourth-order valence-corrected chi connectivity index (χ4v) is 7.25. The summed E-state index contributed by atoms with van der Waals surface area (Å²) in [6.07, 6.45) is -0.388. The van der Waals surface area contributed by atoms with Gasteiger partial charge in [0.1, 0.15) is 34.7 Å². The van der Waals surface area contributed by atoms with Gasteiger partial charge in [-0.1, -0.05) is 60.7 Å². The van der Waals surface area contributed by atoms with Crippen molar-refractivity contribution in [2.75, 3.05) is 34.4 Å². The monoisotopic (exact) mass is 652 g/mol. The fourth-order valence-electron chi connectivity index (χ4n) is 7.25. The zero-order chi connectivity index (χ0) is 33.9. The van der Waals surface area contributed by atoms with E-state index in [-0.39, 0.29) is 23.0 Å². The van der Waals surface area contributed by atoms with Crippen LogP contribution in [0.1, 0.15) is 45.8 Å². The molecular formula is C38H40N2O8. The van der Waals surface area contributed by atoms with E-state index < -0.39 is 35.0 Å². The van der Waals surface area contributed by atoms with E-state index in [1.54, 1.807) is 55.6 Å². The summed E-state index contributed by atoms with van der Waals surface area (Å²) >= 11 is 0. The largest absolute Gasteiger partial charge is 0.497 e. The van der Waals surface area contributed by atoms with E-state index in [0.717, 1.165) is 0 Å². The first kappa shape index (κ1) is 32.9. The van der Waals surface area contributed by atoms with Gasteiger partial charge in [0.25, 0.3) is 5.91 Å². The lowest BCUT2D eigenvalue weighted by atomic mass is 9.75. The molecule has 1 saturated carbocycles. The van der Waals surface area contributed by atoms with Crippen LogP contribution in [-0.4, -0.2) is 62.6 Å². The molecule has 0 spiro atoms. The van der Waals surface area contributed by atoms with Crippen LogP contribution in [0.2, 0.25) is 0 Å². The molecule has 0 radical (unpaired) electrons. The van der Waals surface area contributed by atoms with Gasteiger partial charge in [-0.3, -0.25) is 9.59 Å². The summed E-state index contributed by atoms with van der Waals surface area (Å²) in [5, 5.41) is 31.4. The van der Waals surface area contributed by atoms with E-state index in [4.69, 9.17) is 18.9 Å². The molecule has 5 atom stereocenters. The van der Waals surface area contributed by atoms with Crippen molar-refractivity contribution in [2.45, 2.75) is 36.1 Å². The number of nitrogens with one attached hydrogen (secondary N) is 2. The predicted molar refractivity (Wildman–Crippen MR) is 178 cm³/mol. The normalized spacial score (nSPS) is 23.7. The van der Waals surface area contributed by atoms with Crippen molar-refractivity contribution < 1.29 is 38.7 Å². The van der Waals surface area contributed by atoms with Gasteiger partial charge in [-0.25, -0.2) is 0 Å². The minimum absolute atomic E-state index is 0.156. The van der Waals surface area contributed by atoms with Crippen LogP contribution in [0.5, 0.6) is 23.0 Å². The number of unbranched alkanes of at least 4 members (excludes halogenated alkanes) is 1. The Hall–Kier alpha value is -5.06. The van der Waals surface area contributed by atoms with Gasteiger partial charge >= 0.3 is 0 Å². The van der Waals surface area contributed by atoms with Gasteiger partial charge in [0.2, 0.25) is 5.91 Å². The molecule has 10 nitrogen and oxygen atoms in total. The van der Waals surface area contributed by atoms with Crippen LogP contribution in [0.4, 0.5) is 0 Å². The van der Waals surface area contributed by atoms with Crippen LogP contribution in [0.3, 0.4) is 0 Å². The fraction of sp³-hybridized carbons (Fsp3) is 0.316. The van der Waals surface area contributed by atoms with Gasteiger partial charge in [-0.05, 0) is 48.2 Å². The molecule has 250 valence electrons. The van der Waals surface area contributed by atoms with Crippen molar-refractivity contribution in [1.29, 1.82) is 0 Å². The SMILES string of the molecule is COc1ccc(C23Oc4cc(OC)cc(OC)c4C(O)(C(c4ccccc4)C2C(=O)NCCCCNC(=O)c2ccccc2)C3O)cc1. The van der Waals surface area contributed by atoms with Crippen LogP contribution in [0.15, 0.2) is 97.1 Å². The lowest BCUT2D eigenvalue weighted by Crippen LogP contribution is -2.56. The van der Waals surface area contributed by atoms with E-state index in [2.05, 4.69) is 10.6 Å². The average molecular weight is 653 g/mol. The first-order valence-electron chi connectivity index (χ1n) is 16.0. The van der Waals surface area contributed by atoms with Gasteiger partial charge in [-0.2, -0.15) is 0 Å². The number of carbonyl (C=O) groups excluding carboxylic acids is 2. The molecule has 48 heavy (non-hydrogen) atoms. The molecule has 0 saturated heterocycles. The number of hydrogen-bond acceptors (Lipinski definition) is 8. The second-order valence-corrected chi connectivity index (χ2v) is 12.0. The third-order valence-electron chi connectivity index (χ3n) is 9.47. The molecule has 0 aromatic heterocycles. The topological polar surface area (TPSA) is 136 Å². The van der Waals surface area contributed by atoms with E-state index >= 15 is 0 Å². The molecule has 4 N–H and O–H groups in total. The van der Waals surface area contributed by atoms with Gasteiger partial charge in [-0.15, -0.1) is 0 Å². The van der Waals surface area contributed by atoms with Crippen LogP contribution in [0.25, 0.3) is 0 Å². The second kappa shape index (κ2) is 13.6. The van der Waals surface area contributed by atoms with E-state index in [1.807, 2.05) is 48.5 Å². The third-order valence-corrected chi connectivity index (χ3v) is 9.47. The van der Waals surface area contributed by atoms with Gasteiger partial charge in [0.05, 0.1) is 32.8 Å². The molecule has 1 aliphatic heterocycles. The van der Waals surface area contributed by atoms with Crippen molar-refractivity contribution in [3.05, 3.63) is 119 Å². The number of methoxy groups -OCH3 is 3. The quantitative estimate of drug-likeness (QED) is 0.167. The Balaban J connectivity index is 1.37. The zero-order valence-electron chi connectivity index (χ0n) is 27.1. The maximum Gasteiger partial charge on any atom is 0.251 e. The average Bonchev–Trinajstić information content (AvgIpc) is 3.25. The highest BCUT2D eigenvalue weighted by Gasteiger charge is 2.76. The van der Waals surface area contributed by atoms with Gasteiger partial charge < -0.3 is 39.8 Å². The summed E-state index contributed by atoms with van der Waals surface area (Å²) in [6, 6.07) is 28.4. The molecule has 1 aliphatic carbocycles. The van der Waals surface area contributed by atoms with Crippen LogP contribution in [0, 0.1) is 5.92 Å². The molecule has 2 amide bonds. The molecule has 1 heterocycles. The standard InChI is InChI=1S/C38H40N2O8/c1-45-27-18-16-26(17-19-27)38-33(35(42)40-21-11-10-20-39-34(41)25-14-8-5-9-15-25)31(24-12-6-4-7-13-24)37(44,36(38)43)32-29(47-3)22-28(46-2)23-30(32)48-38/h4-9,12-19,22-23,31,33,36,43-44H,10-11,20-21H2,1-3H3,(H,39,41)(H,40,42). The zero-order valence-corrected chi connectivity index (χ0v) is 27.1. The number of fused-ring (bicyclic) bond motifs is 4. The number of ether oxygens (including phenoxy) is 4.